The van der Waals surface area contributed by atoms with Crippen molar-refractivity contribution in [3.63, 3.8) is 0 Å². The minimum Gasteiger partial charge on any atom is -0.478 e. The lowest BCUT2D eigenvalue weighted by Gasteiger charge is -2.15. The lowest BCUT2D eigenvalue weighted by molar-refractivity contribution is -0.318. The lowest BCUT2D eigenvalue weighted by Crippen LogP contribution is -2.43. The Morgan fingerprint density at radius 3 is 1.59 bits per heavy atom. The first kappa shape index (κ1) is 31.1. The number of imidazole rings is 1. The van der Waals surface area contributed by atoms with Crippen LogP contribution < -0.4 is 16.9 Å². The number of carbonyl (C=O) groups is 3. The maximum atomic E-state index is 11.8. The van der Waals surface area contributed by atoms with E-state index in [0.717, 1.165) is 18.2 Å². The summed E-state index contributed by atoms with van der Waals surface area (Å²) >= 11 is 0. The van der Waals surface area contributed by atoms with Crippen LogP contribution in [0.25, 0.3) is 16.1 Å². The van der Waals surface area contributed by atoms with Crippen molar-refractivity contribution >= 4 is 29.1 Å². The van der Waals surface area contributed by atoms with Crippen LogP contribution in [0.15, 0.2) is 52.3 Å². The van der Waals surface area contributed by atoms with Crippen LogP contribution in [0.4, 0.5) is 0 Å². The quantitative estimate of drug-likeness (QED) is 0.122. The van der Waals surface area contributed by atoms with E-state index in [9.17, 15) is 28.8 Å². The van der Waals surface area contributed by atoms with Gasteiger partial charge in [0, 0.05) is 18.2 Å². The Kier molecular flexibility index (Phi) is 12.9. The number of aliphatic carboxylic acids is 3. The largest absolute Gasteiger partial charge is 0.478 e. The van der Waals surface area contributed by atoms with Gasteiger partial charge >= 0.3 is 34.8 Å². The molecule has 2 aromatic heterocycles. The fraction of sp³-hybridized carbons (Fsp3) is 0.118. The summed E-state index contributed by atoms with van der Waals surface area (Å²) in [4.78, 5) is 69.1. The number of carboxylic acids is 3. The summed E-state index contributed by atoms with van der Waals surface area (Å²) in [5.41, 5.74) is -3.89. The fourth-order valence-electron chi connectivity index (χ4n) is 1.58. The minimum atomic E-state index is -3.25. The predicted octanol–water partition coefficient (Wildman–Crippen LogP) is -2.74. The van der Waals surface area contributed by atoms with Crippen molar-refractivity contribution in [1.29, 1.82) is 0 Å². The van der Waals surface area contributed by atoms with Gasteiger partial charge in [0.1, 0.15) is 12.2 Å². The Bertz CT molecular complexity index is 1240. The number of fused-ring (bicyclic) bond motifs is 1. The highest BCUT2D eigenvalue weighted by Crippen LogP contribution is 2.03. The number of rotatable bonds is 5. The van der Waals surface area contributed by atoms with Gasteiger partial charge in [-0.2, -0.15) is 6.57 Å². The number of nitrogens with zero attached hydrogens (tertiary/aromatic N) is 3. The van der Waals surface area contributed by atoms with E-state index in [0.29, 0.717) is 4.57 Å². The van der Waals surface area contributed by atoms with Gasteiger partial charge in [-0.15, -0.1) is 4.95 Å². The molecule has 2 rings (SSSR count). The molecule has 0 amide bonds. The van der Waals surface area contributed by atoms with Crippen LogP contribution >= 0.6 is 0 Å². The predicted molar refractivity (Wildman–Crippen MR) is 112 cm³/mol. The molecule has 17 nitrogen and oxygen atoms in total. The zero-order valence-corrected chi connectivity index (χ0v) is 17.0. The molecule has 0 fully saturated rings. The summed E-state index contributed by atoms with van der Waals surface area (Å²) < 4.78 is 0.560. The number of H-pyrrole nitrogens is 2. The van der Waals surface area contributed by atoms with Crippen LogP contribution in [0.1, 0.15) is 0 Å². The number of hydrogen-bond acceptors (Lipinski definition) is 9. The summed E-state index contributed by atoms with van der Waals surface area (Å²) in [6.07, 6.45) is 2.50. The van der Waals surface area contributed by atoms with Crippen molar-refractivity contribution in [2.24, 2.45) is 0 Å². The SMILES string of the molecule is C=CC(=O)O.C=CC(=O)O.C=CC(=O)O.[C-]#[N+]n1c(=O)c2[nH]c(=O)[nH]c2n(CC(O)(O)O)c1=O. The van der Waals surface area contributed by atoms with Crippen molar-refractivity contribution < 1.29 is 45.0 Å². The van der Waals surface area contributed by atoms with Gasteiger partial charge in [0.05, 0.1) is 4.68 Å². The van der Waals surface area contributed by atoms with E-state index in [-0.39, 0.29) is 10.3 Å². The highest BCUT2D eigenvalue weighted by Gasteiger charge is 2.26. The molecule has 184 valence electrons. The van der Waals surface area contributed by atoms with Gasteiger partial charge < -0.3 is 30.6 Å². The number of aromatic amines is 2. The van der Waals surface area contributed by atoms with E-state index in [4.69, 9.17) is 37.2 Å². The molecule has 0 aliphatic rings. The van der Waals surface area contributed by atoms with Crippen LogP contribution in [0.3, 0.4) is 0 Å². The molecule has 0 aliphatic heterocycles. The van der Waals surface area contributed by atoms with Gasteiger partial charge in [-0.3, -0.25) is 19.3 Å². The number of hydrogen-bond donors (Lipinski definition) is 8. The first-order valence-electron chi connectivity index (χ1n) is 8.14. The van der Waals surface area contributed by atoms with Crippen LogP contribution in [-0.2, 0) is 20.9 Å². The molecule has 17 heteroatoms. The van der Waals surface area contributed by atoms with Gasteiger partial charge in [-0.1, -0.05) is 19.7 Å². The van der Waals surface area contributed by atoms with E-state index in [1.165, 1.54) is 0 Å². The third-order valence-electron chi connectivity index (χ3n) is 2.79. The van der Waals surface area contributed by atoms with E-state index in [1.807, 2.05) is 0 Å². The maximum Gasteiger partial charge on any atom is 0.401 e. The average Bonchev–Trinajstić information content (AvgIpc) is 3.14. The molecule has 0 saturated heterocycles. The first-order valence-corrected chi connectivity index (χ1v) is 8.14. The number of nitrogens with one attached hydrogen (secondary N) is 2. The highest BCUT2D eigenvalue weighted by molar-refractivity contribution is 5.79. The number of carboxylic acid groups (broad SMARTS) is 3. The van der Waals surface area contributed by atoms with Crippen LogP contribution in [0, 0.1) is 6.57 Å². The summed E-state index contributed by atoms with van der Waals surface area (Å²) in [7, 11) is 0. The van der Waals surface area contributed by atoms with E-state index >= 15 is 0 Å². The second kappa shape index (κ2) is 14.1. The van der Waals surface area contributed by atoms with Crippen LogP contribution in [0.2, 0.25) is 0 Å². The molecule has 0 bridgehead atoms. The Hall–Kier alpha value is -5.05. The highest BCUT2D eigenvalue weighted by atomic mass is 16.7. The molecule has 0 radical (unpaired) electrons. The molecule has 0 aliphatic carbocycles. The third-order valence-corrected chi connectivity index (χ3v) is 2.79. The van der Waals surface area contributed by atoms with E-state index in [1.54, 1.807) is 0 Å². The summed E-state index contributed by atoms with van der Waals surface area (Å²) in [5, 5.41) is 49.4. The van der Waals surface area contributed by atoms with E-state index in [2.05, 4.69) is 34.7 Å². The van der Waals surface area contributed by atoms with Gasteiger partial charge in [-0.05, 0) is 0 Å². The molecule has 8 N–H and O–H groups in total. The van der Waals surface area contributed by atoms with Crippen molar-refractivity contribution in [1.82, 2.24) is 19.2 Å². The fourth-order valence-corrected chi connectivity index (χ4v) is 1.58. The second-order valence-corrected chi connectivity index (χ2v) is 5.29. The van der Waals surface area contributed by atoms with Crippen molar-refractivity contribution in [2.75, 3.05) is 0 Å². The molecule has 0 spiro atoms. The third kappa shape index (κ3) is 11.4. The van der Waals surface area contributed by atoms with E-state index < -0.39 is 52.9 Å². The summed E-state index contributed by atoms with van der Waals surface area (Å²) in [6.45, 7) is 14.5. The molecule has 2 heterocycles. The van der Waals surface area contributed by atoms with Crippen LogP contribution in [0.5, 0.6) is 0 Å². The molecule has 0 aromatic carbocycles. The summed E-state index contributed by atoms with van der Waals surface area (Å²) in [5.74, 6) is -6.20. The minimum absolute atomic E-state index is 0.0812. The number of aromatic nitrogens is 4. The Labute approximate surface area is 187 Å². The molecule has 0 unspecified atom stereocenters. The van der Waals surface area contributed by atoms with Gasteiger partial charge in [-0.25, -0.2) is 24.0 Å². The van der Waals surface area contributed by atoms with Crippen molar-refractivity contribution in [3.8, 4) is 0 Å². The zero-order chi connectivity index (χ0) is 27.2. The maximum absolute atomic E-state index is 11.8. The van der Waals surface area contributed by atoms with Gasteiger partial charge in [0.25, 0.3) is 5.97 Å². The Morgan fingerprint density at radius 1 is 0.912 bits per heavy atom. The Balaban J connectivity index is 0. The number of aliphatic hydroxyl groups is 3. The van der Waals surface area contributed by atoms with Crippen molar-refractivity contribution in [3.05, 3.63) is 80.8 Å². The van der Waals surface area contributed by atoms with Gasteiger partial charge in [0.2, 0.25) is 0 Å². The van der Waals surface area contributed by atoms with Gasteiger partial charge in [0.15, 0.2) is 5.52 Å². The standard InChI is InChI=1S/C8H7N5O6.3C3H4O2/c1-9-13-5(14)3-4(11-6(15)10-3)12(7(13)16)2-8(17,18)19;3*1-2-3(4)5/h17-19H,2H2,(H2,10,11,15);3*2H,1H2,(H,4,5). The molecular formula is C17H19N5O12. The Morgan fingerprint density at radius 2 is 1.29 bits per heavy atom. The monoisotopic (exact) mass is 485 g/mol. The van der Waals surface area contributed by atoms with Crippen LogP contribution in [-0.4, -0.2) is 73.7 Å². The van der Waals surface area contributed by atoms with Crippen molar-refractivity contribution in [2.45, 2.75) is 12.5 Å². The molecule has 0 saturated carbocycles. The second-order valence-electron chi connectivity index (χ2n) is 5.29. The smallest absolute Gasteiger partial charge is 0.401 e. The molecule has 0 atom stereocenters. The summed E-state index contributed by atoms with van der Waals surface area (Å²) in [6, 6.07) is 0. The topological polar surface area (TPSA) is 270 Å². The first-order chi connectivity index (χ1) is 15.6. The average molecular weight is 485 g/mol. The molecule has 34 heavy (non-hydrogen) atoms. The zero-order valence-electron chi connectivity index (χ0n) is 17.0. The lowest BCUT2D eigenvalue weighted by atomic mass is 10.4. The molecule has 2 aromatic rings. The molecular weight excluding hydrogens is 466 g/mol. The normalized spacial score (nSPS) is 9.35.